The summed E-state index contributed by atoms with van der Waals surface area (Å²) in [7, 11) is 0. The molecule has 1 nitrogen and oxygen atoms in total. The Kier molecular flexibility index (Phi) is 9.20. The Morgan fingerprint density at radius 2 is 1.21 bits per heavy atom. The van der Waals surface area contributed by atoms with Crippen LogP contribution in [0.5, 0.6) is 0 Å². The maximum atomic E-state index is 13.9. The van der Waals surface area contributed by atoms with Gasteiger partial charge in [0.25, 0.3) is 0 Å². The summed E-state index contributed by atoms with van der Waals surface area (Å²) in [6.07, 6.45) is 16.0. The first-order chi connectivity index (χ1) is 16.3. The highest BCUT2D eigenvalue weighted by molar-refractivity contribution is 5.04. The highest BCUT2D eigenvalue weighted by Crippen LogP contribution is 2.44. The van der Waals surface area contributed by atoms with Gasteiger partial charge in [-0.2, -0.15) is 13.2 Å². The molecule has 0 aromatic rings. The minimum absolute atomic E-state index is 0.137. The van der Waals surface area contributed by atoms with Crippen LogP contribution in [0.2, 0.25) is 0 Å². The molecule has 2 unspecified atom stereocenters. The fourth-order valence-corrected chi connectivity index (χ4v) is 7.30. The lowest BCUT2D eigenvalue weighted by Gasteiger charge is -2.37. The van der Waals surface area contributed by atoms with Crippen molar-refractivity contribution in [1.82, 2.24) is 0 Å². The van der Waals surface area contributed by atoms with Gasteiger partial charge < -0.3 is 4.74 Å². The third-order valence-corrected chi connectivity index (χ3v) is 9.62. The summed E-state index contributed by atoms with van der Waals surface area (Å²) in [4.78, 5) is 0. The van der Waals surface area contributed by atoms with Gasteiger partial charge in [0.05, 0.1) is 18.8 Å². The highest BCUT2D eigenvalue weighted by Gasteiger charge is 2.34. The number of ether oxygens (including phenoxy) is 1. The second kappa shape index (κ2) is 11.9. The lowest BCUT2D eigenvalue weighted by molar-refractivity contribution is -0.0821. The van der Waals surface area contributed by atoms with Gasteiger partial charge in [-0.15, -0.1) is 0 Å². The van der Waals surface area contributed by atoms with E-state index in [2.05, 4.69) is 19.1 Å². The Bertz CT molecular complexity index is 667. The zero-order valence-electron chi connectivity index (χ0n) is 20.9. The van der Waals surface area contributed by atoms with Crippen molar-refractivity contribution in [1.29, 1.82) is 0 Å². The molecule has 4 rings (SSSR count). The second-order valence-corrected chi connectivity index (χ2v) is 12.0. The zero-order chi connectivity index (χ0) is 24.1. The van der Waals surface area contributed by atoms with E-state index in [1.165, 1.54) is 57.8 Å². The third-order valence-electron chi connectivity index (χ3n) is 9.62. The fourth-order valence-electron chi connectivity index (χ4n) is 7.30. The topological polar surface area (TPSA) is 9.23 Å². The van der Waals surface area contributed by atoms with Gasteiger partial charge in [0.2, 0.25) is 0 Å². The Hall–Kier alpha value is -0.840. The van der Waals surface area contributed by atoms with Crippen LogP contribution in [-0.2, 0) is 4.74 Å². The molecular weight excluding hydrogens is 440 g/mol. The van der Waals surface area contributed by atoms with Gasteiger partial charge in [-0.3, -0.25) is 0 Å². The molecule has 0 aromatic carbocycles. The van der Waals surface area contributed by atoms with Crippen LogP contribution in [0, 0.1) is 41.4 Å². The largest absolute Gasteiger partial charge is 0.412 e. The van der Waals surface area contributed by atoms with Crippen molar-refractivity contribution in [2.24, 2.45) is 41.4 Å². The Labute approximate surface area is 203 Å². The Balaban J connectivity index is 1.13. The number of halogens is 4. The van der Waals surface area contributed by atoms with E-state index in [1.54, 1.807) is 0 Å². The normalized spacial score (nSPS) is 41.0. The standard InChI is InChI=1S/C29H44F4O/c1-20-2-7-24(8-3-20)26-15-17-27(34-19-26)16-6-21-4-9-22(10-5-21)23-11-13-25(14-12-23)28(30)18-29(31,32)33/h6,16,18,20-27H,2-5,7-15,17,19H2,1H3/b16-6+,28-18-. The number of alkyl halides is 3. The first-order valence-corrected chi connectivity index (χ1v) is 14.0. The van der Waals surface area contributed by atoms with Crippen LogP contribution in [0.3, 0.4) is 0 Å². The molecule has 3 saturated carbocycles. The molecule has 1 aliphatic heterocycles. The number of rotatable bonds is 5. The number of hydrogen-bond donors (Lipinski definition) is 0. The molecule has 4 aliphatic rings. The van der Waals surface area contributed by atoms with Gasteiger partial charge in [-0.05, 0) is 113 Å². The zero-order valence-corrected chi connectivity index (χ0v) is 20.9. The van der Waals surface area contributed by atoms with Crippen molar-refractivity contribution in [3.63, 3.8) is 0 Å². The number of allylic oxidation sites excluding steroid dienone is 3. The van der Waals surface area contributed by atoms with Crippen LogP contribution in [0.1, 0.15) is 96.8 Å². The minimum Gasteiger partial charge on any atom is -0.374 e. The molecule has 0 amide bonds. The van der Waals surface area contributed by atoms with Crippen molar-refractivity contribution in [3.8, 4) is 0 Å². The van der Waals surface area contributed by atoms with Gasteiger partial charge in [-0.1, -0.05) is 31.9 Å². The van der Waals surface area contributed by atoms with Crippen LogP contribution in [0.4, 0.5) is 17.6 Å². The second-order valence-electron chi connectivity index (χ2n) is 12.0. The summed E-state index contributed by atoms with van der Waals surface area (Å²) in [5.74, 6) is 2.89. The molecule has 0 spiro atoms. The maximum Gasteiger partial charge on any atom is 0.412 e. The monoisotopic (exact) mass is 484 g/mol. The van der Waals surface area contributed by atoms with Crippen molar-refractivity contribution >= 4 is 0 Å². The van der Waals surface area contributed by atoms with Crippen LogP contribution in [0.15, 0.2) is 24.1 Å². The molecule has 1 saturated heterocycles. The van der Waals surface area contributed by atoms with Crippen molar-refractivity contribution in [2.45, 2.75) is 109 Å². The molecule has 2 atom stereocenters. The van der Waals surface area contributed by atoms with E-state index < -0.39 is 17.9 Å². The SMILES string of the molecule is CC1CCC(C2CCC(/C=C/C3CCC(C4CCC(/C(F)=C/C(F)(F)F)CC4)CC3)OC2)CC1. The molecule has 4 fully saturated rings. The average molecular weight is 485 g/mol. The summed E-state index contributed by atoms with van der Waals surface area (Å²) in [6, 6.07) is 0. The first kappa shape index (κ1) is 26.2. The van der Waals surface area contributed by atoms with E-state index >= 15 is 0 Å². The fraction of sp³-hybridized carbons (Fsp3) is 0.862. The van der Waals surface area contributed by atoms with E-state index in [4.69, 9.17) is 4.74 Å². The quantitative estimate of drug-likeness (QED) is 0.279. The van der Waals surface area contributed by atoms with Gasteiger partial charge >= 0.3 is 6.18 Å². The summed E-state index contributed by atoms with van der Waals surface area (Å²) in [6.45, 7) is 3.32. The smallest absolute Gasteiger partial charge is 0.374 e. The van der Waals surface area contributed by atoms with Crippen molar-refractivity contribution < 1.29 is 22.3 Å². The van der Waals surface area contributed by atoms with Gasteiger partial charge in [0.15, 0.2) is 0 Å². The van der Waals surface area contributed by atoms with Gasteiger partial charge in [0, 0.05) is 5.92 Å². The summed E-state index contributed by atoms with van der Waals surface area (Å²) < 4.78 is 57.4. The molecular formula is C29H44F4O. The minimum atomic E-state index is -4.55. The lowest BCUT2D eigenvalue weighted by atomic mass is 9.69. The Morgan fingerprint density at radius 1 is 0.676 bits per heavy atom. The number of hydrogen-bond acceptors (Lipinski definition) is 1. The molecule has 0 bridgehead atoms. The van der Waals surface area contributed by atoms with Crippen LogP contribution in [0.25, 0.3) is 0 Å². The molecule has 34 heavy (non-hydrogen) atoms. The van der Waals surface area contributed by atoms with Gasteiger partial charge in [-0.25, -0.2) is 4.39 Å². The molecule has 5 heteroatoms. The first-order valence-electron chi connectivity index (χ1n) is 14.0. The van der Waals surface area contributed by atoms with Crippen LogP contribution in [-0.4, -0.2) is 18.9 Å². The van der Waals surface area contributed by atoms with Crippen LogP contribution >= 0.6 is 0 Å². The van der Waals surface area contributed by atoms with E-state index in [0.717, 1.165) is 43.6 Å². The molecule has 3 aliphatic carbocycles. The Morgan fingerprint density at radius 3 is 1.76 bits per heavy atom. The lowest BCUT2D eigenvalue weighted by Crippen LogP contribution is -2.31. The predicted octanol–water partition coefficient (Wildman–Crippen LogP) is 9.19. The third kappa shape index (κ3) is 7.58. The van der Waals surface area contributed by atoms with E-state index in [9.17, 15) is 17.6 Å². The predicted molar refractivity (Wildman–Crippen MR) is 129 cm³/mol. The summed E-state index contributed by atoms with van der Waals surface area (Å²) in [5.41, 5.74) is 0. The molecule has 1 heterocycles. The van der Waals surface area contributed by atoms with Crippen LogP contribution < -0.4 is 0 Å². The molecule has 194 valence electrons. The van der Waals surface area contributed by atoms with Crippen molar-refractivity contribution in [3.05, 3.63) is 24.1 Å². The summed E-state index contributed by atoms with van der Waals surface area (Å²) >= 11 is 0. The van der Waals surface area contributed by atoms with E-state index in [-0.39, 0.29) is 12.2 Å². The van der Waals surface area contributed by atoms with Crippen molar-refractivity contribution in [2.75, 3.05) is 6.61 Å². The molecule has 0 aromatic heterocycles. The molecule has 0 radical (unpaired) electrons. The molecule has 0 N–H and O–H groups in total. The summed E-state index contributed by atoms with van der Waals surface area (Å²) in [5, 5.41) is 0. The van der Waals surface area contributed by atoms with Gasteiger partial charge in [0.1, 0.15) is 5.83 Å². The maximum absolute atomic E-state index is 13.9. The van der Waals surface area contributed by atoms with E-state index in [1.807, 2.05) is 0 Å². The van der Waals surface area contributed by atoms with E-state index in [0.29, 0.717) is 30.6 Å². The highest BCUT2D eigenvalue weighted by atomic mass is 19.4. The average Bonchev–Trinajstić information content (AvgIpc) is 2.83.